The second-order valence-corrected chi connectivity index (χ2v) is 4.29. The second-order valence-electron chi connectivity index (χ2n) is 4.29. The Bertz CT molecular complexity index is 346. The average molecular weight is 239 g/mol. The lowest BCUT2D eigenvalue weighted by Gasteiger charge is -2.18. The molecule has 0 spiro atoms. The molecule has 2 amide bonds. The summed E-state index contributed by atoms with van der Waals surface area (Å²) in [6.07, 6.45) is 0.0198. The number of imide groups is 1. The van der Waals surface area contributed by atoms with Crippen LogP contribution < -0.4 is 0 Å². The minimum absolute atomic E-state index is 0.0128. The minimum Gasteiger partial charge on any atom is -0.391 e. The van der Waals surface area contributed by atoms with Gasteiger partial charge in [-0.3, -0.25) is 19.3 Å². The van der Waals surface area contributed by atoms with Crippen molar-refractivity contribution in [2.45, 2.75) is 38.7 Å². The van der Waals surface area contributed by atoms with E-state index in [4.69, 9.17) is 0 Å². The number of hydrogen-bond donors (Lipinski definition) is 1. The van der Waals surface area contributed by atoms with Crippen LogP contribution in [0.5, 0.6) is 0 Å². The third-order valence-electron chi connectivity index (χ3n) is 2.73. The SMILES string of the molecule is C=C(C)C(=O)CCC(O)CN1C(=O)CCC1=O. The van der Waals surface area contributed by atoms with Crippen molar-refractivity contribution < 1.29 is 19.5 Å². The lowest BCUT2D eigenvalue weighted by atomic mass is 10.1. The molecule has 1 aliphatic rings. The summed E-state index contributed by atoms with van der Waals surface area (Å²) < 4.78 is 0. The van der Waals surface area contributed by atoms with Crippen molar-refractivity contribution >= 4 is 17.6 Å². The van der Waals surface area contributed by atoms with Crippen molar-refractivity contribution in [3.8, 4) is 0 Å². The third-order valence-corrected chi connectivity index (χ3v) is 2.73. The molecule has 1 heterocycles. The lowest BCUT2D eigenvalue weighted by Crippen LogP contribution is -2.36. The predicted molar refractivity (Wildman–Crippen MR) is 61.0 cm³/mol. The largest absolute Gasteiger partial charge is 0.391 e. The number of Topliss-reactive ketones (excluding diaryl/α,β-unsaturated/α-hetero) is 1. The molecule has 17 heavy (non-hydrogen) atoms. The van der Waals surface area contributed by atoms with Gasteiger partial charge in [0.05, 0.1) is 12.6 Å². The van der Waals surface area contributed by atoms with E-state index in [1.54, 1.807) is 6.92 Å². The number of nitrogens with zero attached hydrogens (tertiary/aromatic N) is 1. The first-order chi connectivity index (χ1) is 7.91. The first-order valence-corrected chi connectivity index (χ1v) is 5.61. The van der Waals surface area contributed by atoms with E-state index in [1.807, 2.05) is 0 Å². The van der Waals surface area contributed by atoms with Crippen LogP contribution in [-0.2, 0) is 14.4 Å². The molecule has 0 aromatic carbocycles. The summed E-state index contributed by atoms with van der Waals surface area (Å²) in [5, 5.41) is 9.65. The molecule has 0 aromatic heterocycles. The van der Waals surface area contributed by atoms with E-state index < -0.39 is 6.10 Å². The number of ketones is 1. The summed E-state index contributed by atoms with van der Waals surface area (Å²) in [7, 11) is 0. The van der Waals surface area contributed by atoms with Gasteiger partial charge in [0.15, 0.2) is 5.78 Å². The number of aliphatic hydroxyl groups excluding tert-OH is 1. The van der Waals surface area contributed by atoms with Gasteiger partial charge >= 0.3 is 0 Å². The maximum Gasteiger partial charge on any atom is 0.229 e. The number of carbonyl (C=O) groups is 3. The Morgan fingerprint density at radius 1 is 1.41 bits per heavy atom. The fourth-order valence-corrected chi connectivity index (χ4v) is 1.64. The topological polar surface area (TPSA) is 74.7 Å². The number of rotatable bonds is 6. The molecule has 5 nitrogen and oxygen atoms in total. The number of hydrogen-bond acceptors (Lipinski definition) is 4. The van der Waals surface area contributed by atoms with Crippen LogP contribution >= 0.6 is 0 Å². The summed E-state index contributed by atoms with van der Waals surface area (Å²) in [6, 6.07) is 0. The summed E-state index contributed by atoms with van der Waals surface area (Å²) in [5.74, 6) is -0.608. The van der Waals surface area contributed by atoms with Gasteiger partial charge in [0.25, 0.3) is 0 Å². The normalized spacial score (nSPS) is 17.4. The van der Waals surface area contributed by atoms with Crippen LogP contribution in [0.2, 0.25) is 0 Å². The Balaban J connectivity index is 2.37. The molecule has 5 heteroatoms. The molecular weight excluding hydrogens is 222 g/mol. The van der Waals surface area contributed by atoms with E-state index >= 15 is 0 Å². The number of amides is 2. The van der Waals surface area contributed by atoms with Crippen LogP contribution in [0, 0.1) is 0 Å². The number of allylic oxidation sites excluding steroid dienone is 1. The zero-order chi connectivity index (χ0) is 13.0. The highest BCUT2D eigenvalue weighted by Crippen LogP contribution is 2.13. The predicted octanol–water partition coefficient (Wildman–Crippen LogP) is 0.422. The summed E-state index contributed by atoms with van der Waals surface area (Å²) >= 11 is 0. The Labute approximate surface area is 100 Å². The summed E-state index contributed by atoms with van der Waals surface area (Å²) in [4.78, 5) is 34.9. The van der Waals surface area contributed by atoms with E-state index in [0.29, 0.717) is 5.57 Å². The van der Waals surface area contributed by atoms with Gasteiger partial charge in [-0.2, -0.15) is 0 Å². The highest BCUT2D eigenvalue weighted by molar-refractivity contribution is 6.01. The highest BCUT2D eigenvalue weighted by Gasteiger charge is 2.30. The van der Waals surface area contributed by atoms with Crippen LogP contribution in [0.1, 0.15) is 32.6 Å². The van der Waals surface area contributed by atoms with Gasteiger partial charge in [0.2, 0.25) is 11.8 Å². The van der Waals surface area contributed by atoms with Crippen molar-refractivity contribution in [1.29, 1.82) is 0 Å². The molecule has 1 unspecified atom stereocenters. The Kier molecular flexibility index (Phi) is 4.57. The van der Waals surface area contributed by atoms with Gasteiger partial charge in [-0.1, -0.05) is 6.58 Å². The quantitative estimate of drug-likeness (QED) is 0.538. The standard InChI is InChI=1S/C12H17NO4/c1-8(2)10(15)4-3-9(14)7-13-11(16)5-6-12(13)17/h9,14H,1,3-7H2,2H3. The molecular formula is C12H17NO4. The molecule has 1 atom stereocenters. The maximum absolute atomic E-state index is 11.3. The first-order valence-electron chi connectivity index (χ1n) is 5.61. The van der Waals surface area contributed by atoms with E-state index in [9.17, 15) is 19.5 Å². The zero-order valence-electron chi connectivity index (χ0n) is 9.94. The molecule has 1 fully saturated rings. The molecule has 1 rings (SSSR count). The van der Waals surface area contributed by atoms with Crippen molar-refractivity contribution in [2.75, 3.05) is 6.54 Å². The second kappa shape index (κ2) is 5.72. The van der Waals surface area contributed by atoms with E-state index in [0.717, 1.165) is 4.90 Å². The van der Waals surface area contributed by atoms with Crippen LogP contribution in [0.25, 0.3) is 0 Å². The molecule has 0 aromatic rings. The smallest absolute Gasteiger partial charge is 0.229 e. The fraction of sp³-hybridized carbons (Fsp3) is 0.583. The van der Waals surface area contributed by atoms with Crippen LogP contribution in [0.4, 0.5) is 0 Å². The Hall–Kier alpha value is -1.49. The van der Waals surface area contributed by atoms with Gasteiger partial charge in [-0.15, -0.1) is 0 Å². The van der Waals surface area contributed by atoms with Crippen molar-refractivity contribution in [1.82, 2.24) is 4.90 Å². The summed E-state index contributed by atoms with van der Waals surface area (Å²) in [6.45, 7) is 5.11. The van der Waals surface area contributed by atoms with Gasteiger partial charge in [-0.05, 0) is 18.9 Å². The minimum atomic E-state index is -0.843. The van der Waals surface area contributed by atoms with E-state index in [1.165, 1.54) is 0 Å². The fourth-order valence-electron chi connectivity index (χ4n) is 1.64. The van der Waals surface area contributed by atoms with E-state index in [-0.39, 0.29) is 49.8 Å². The number of aliphatic hydroxyl groups is 1. The van der Waals surface area contributed by atoms with Crippen LogP contribution in [0.15, 0.2) is 12.2 Å². The van der Waals surface area contributed by atoms with Crippen molar-refractivity contribution in [3.05, 3.63) is 12.2 Å². The lowest BCUT2D eigenvalue weighted by molar-refractivity contribution is -0.140. The highest BCUT2D eigenvalue weighted by atomic mass is 16.3. The molecule has 0 saturated carbocycles. The van der Waals surface area contributed by atoms with Gasteiger partial charge in [0.1, 0.15) is 0 Å². The van der Waals surface area contributed by atoms with E-state index in [2.05, 4.69) is 6.58 Å². The van der Waals surface area contributed by atoms with Gasteiger partial charge in [-0.25, -0.2) is 0 Å². The monoisotopic (exact) mass is 239 g/mol. The molecule has 94 valence electrons. The molecule has 1 saturated heterocycles. The first kappa shape index (κ1) is 13.6. The Morgan fingerprint density at radius 3 is 2.41 bits per heavy atom. The molecule has 0 aliphatic carbocycles. The number of β-amino-alcohol motifs (C(OH)–C–C–N with tert-alkyl or cyclic N) is 1. The van der Waals surface area contributed by atoms with Gasteiger partial charge < -0.3 is 5.11 Å². The number of likely N-dealkylation sites (tertiary alicyclic amines) is 1. The third kappa shape index (κ3) is 3.78. The molecule has 1 aliphatic heterocycles. The summed E-state index contributed by atoms with van der Waals surface area (Å²) in [5.41, 5.74) is 0.450. The molecule has 0 radical (unpaired) electrons. The molecule has 0 bridgehead atoms. The van der Waals surface area contributed by atoms with Gasteiger partial charge in [0, 0.05) is 19.3 Å². The average Bonchev–Trinajstić information content (AvgIpc) is 2.57. The van der Waals surface area contributed by atoms with Crippen LogP contribution in [-0.4, -0.2) is 40.3 Å². The van der Waals surface area contributed by atoms with Crippen molar-refractivity contribution in [3.63, 3.8) is 0 Å². The van der Waals surface area contributed by atoms with Crippen LogP contribution in [0.3, 0.4) is 0 Å². The molecule has 1 N–H and O–H groups in total. The number of carbonyl (C=O) groups excluding carboxylic acids is 3. The maximum atomic E-state index is 11.3. The van der Waals surface area contributed by atoms with Crippen molar-refractivity contribution in [2.24, 2.45) is 0 Å². The Morgan fingerprint density at radius 2 is 1.94 bits per heavy atom. The zero-order valence-corrected chi connectivity index (χ0v) is 9.94.